The Bertz CT molecular complexity index is 309. The minimum Gasteiger partial charge on any atom is -0.248 e. The van der Waals surface area contributed by atoms with E-state index in [4.69, 9.17) is 11.6 Å². The highest BCUT2D eigenvalue weighted by atomic mass is 35.5. The molecule has 1 aromatic heterocycles. The van der Waals surface area contributed by atoms with Gasteiger partial charge in [-0.15, -0.1) is 0 Å². The SMILES string of the molecule is CCc1cc(Cl)cc(C(F)(F)F)n1. The molecule has 0 radical (unpaired) electrons. The Labute approximate surface area is 78.5 Å². The molecule has 0 unspecified atom stereocenters. The van der Waals surface area contributed by atoms with E-state index in [9.17, 15) is 13.2 Å². The normalized spacial score (nSPS) is 11.8. The summed E-state index contributed by atoms with van der Waals surface area (Å²) < 4.78 is 36.5. The molecule has 0 aliphatic heterocycles. The van der Waals surface area contributed by atoms with Crippen LogP contribution in [0, 0.1) is 0 Å². The summed E-state index contributed by atoms with van der Waals surface area (Å²) in [6.45, 7) is 1.72. The Morgan fingerprint density at radius 2 is 2.00 bits per heavy atom. The van der Waals surface area contributed by atoms with E-state index in [1.165, 1.54) is 6.07 Å². The van der Waals surface area contributed by atoms with Gasteiger partial charge in [0, 0.05) is 10.7 Å². The van der Waals surface area contributed by atoms with Gasteiger partial charge in [0.15, 0.2) is 0 Å². The van der Waals surface area contributed by atoms with E-state index in [-0.39, 0.29) is 5.02 Å². The van der Waals surface area contributed by atoms with Crippen molar-refractivity contribution in [2.24, 2.45) is 0 Å². The molecule has 0 amide bonds. The minimum atomic E-state index is -4.42. The van der Waals surface area contributed by atoms with E-state index in [2.05, 4.69) is 4.98 Å². The minimum absolute atomic E-state index is 0.0687. The van der Waals surface area contributed by atoms with Crippen LogP contribution >= 0.6 is 11.6 Å². The fraction of sp³-hybridized carbons (Fsp3) is 0.375. The number of aromatic nitrogens is 1. The highest BCUT2D eigenvalue weighted by molar-refractivity contribution is 6.30. The lowest BCUT2D eigenvalue weighted by Gasteiger charge is -2.07. The average molecular weight is 210 g/mol. The molecule has 0 atom stereocenters. The van der Waals surface area contributed by atoms with Crippen LogP contribution in [0.2, 0.25) is 5.02 Å². The van der Waals surface area contributed by atoms with Crippen molar-refractivity contribution in [2.45, 2.75) is 19.5 Å². The topological polar surface area (TPSA) is 12.9 Å². The first-order valence-corrected chi connectivity index (χ1v) is 4.05. The number of hydrogen-bond acceptors (Lipinski definition) is 1. The van der Waals surface area contributed by atoms with Gasteiger partial charge < -0.3 is 0 Å². The Kier molecular flexibility index (Phi) is 2.81. The summed E-state index contributed by atoms with van der Waals surface area (Å²) in [5.41, 5.74) is -0.586. The van der Waals surface area contributed by atoms with Crippen molar-refractivity contribution in [1.29, 1.82) is 0 Å². The molecule has 0 N–H and O–H groups in total. The largest absolute Gasteiger partial charge is 0.433 e. The number of pyridine rings is 1. The number of alkyl halides is 3. The van der Waals surface area contributed by atoms with Crippen LogP contribution < -0.4 is 0 Å². The Balaban J connectivity index is 3.16. The molecule has 0 bridgehead atoms. The van der Waals surface area contributed by atoms with Gasteiger partial charge in [-0.05, 0) is 18.6 Å². The first-order valence-electron chi connectivity index (χ1n) is 3.67. The first kappa shape index (κ1) is 10.3. The lowest BCUT2D eigenvalue weighted by molar-refractivity contribution is -0.141. The molecule has 0 aliphatic rings. The zero-order valence-corrected chi connectivity index (χ0v) is 7.58. The van der Waals surface area contributed by atoms with Gasteiger partial charge in [-0.2, -0.15) is 13.2 Å². The molecule has 13 heavy (non-hydrogen) atoms. The van der Waals surface area contributed by atoms with Crippen molar-refractivity contribution in [3.63, 3.8) is 0 Å². The quantitative estimate of drug-likeness (QED) is 0.692. The molecular formula is C8H7ClF3N. The predicted molar refractivity (Wildman–Crippen MR) is 43.6 cm³/mol. The van der Waals surface area contributed by atoms with Crippen LogP contribution in [-0.4, -0.2) is 4.98 Å². The van der Waals surface area contributed by atoms with E-state index >= 15 is 0 Å². The van der Waals surface area contributed by atoms with Gasteiger partial charge in [-0.3, -0.25) is 0 Å². The van der Waals surface area contributed by atoms with Gasteiger partial charge in [0.05, 0.1) is 0 Å². The fourth-order valence-corrected chi connectivity index (χ4v) is 1.11. The Hall–Kier alpha value is -0.770. The van der Waals surface area contributed by atoms with Crippen LogP contribution in [0.4, 0.5) is 13.2 Å². The summed E-state index contributed by atoms with van der Waals surface area (Å²) in [6, 6.07) is 2.25. The van der Waals surface area contributed by atoms with Gasteiger partial charge in [0.2, 0.25) is 0 Å². The molecular weight excluding hydrogens is 203 g/mol. The van der Waals surface area contributed by atoms with Gasteiger partial charge in [0.25, 0.3) is 0 Å². The van der Waals surface area contributed by atoms with Crippen molar-refractivity contribution in [2.75, 3.05) is 0 Å². The molecule has 1 rings (SSSR count). The molecule has 0 spiro atoms. The summed E-state index contributed by atoms with van der Waals surface area (Å²) in [6.07, 6.45) is -3.99. The molecule has 5 heteroatoms. The molecule has 0 fully saturated rings. The number of nitrogens with zero attached hydrogens (tertiary/aromatic N) is 1. The first-order chi connectivity index (χ1) is 5.93. The van der Waals surface area contributed by atoms with Crippen LogP contribution in [0.5, 0.6) is 0 Å². The van der Waals surface area contributed by atoms with E-state index < -0.39 is 11.9 Å². The van der Waals surface area contributed by atoms with Gasteiger partial charge in [0.1, 0.15) is 5.69 Å². The van der Waals surface area contributed by atoms with Crippen LogP contribution in [0.1, 0.15) is 18.3 Å². The second-order valence-electron chi connectivity index (χ2n) is 2.51. The molecule has 0 saturated heterocycles. The highest BCUT2D eigenvalue weighted by Crippen LogP contribution is 2.29. The van der Waals surface area contributed by atoms with E-state index in [0.717, 1.165) is 6.07 Å². The predicted octanol–water partition coefficient (Wildman–Crippen LogP) is 3.32. The summed E-state index contributed by atoms with van der Waals surface area (Å²) in [5.74, 6) is 0. The van der Waals surface area contributed by atoms with Crippen LogP contribution in [-0.2, 0) is 12.6 Å². The van der Waals surface area contributed by atoms with E-state index in [1.807, 2.05) is 0 Å². The second kappa shape index (κ2) is 3.54. The molecule has 0 saturated carbocycles. The third kappa shape index (κ3) is 2.59. The van der Waals surface area contributed by atoms with E-state index in [0.29, 0.717) is 12.1 Å². The number of halogens is 4. The second-order valence-corrected chi connectivity index (χ2v) is 2.95. The van der Waals surface area contributed by atoms with Crippen LogP contribution in [0.25, 0.3) is 0 Å². The van der Waals surface area contributed by atoms with E-state index in [1.54, 1.807) is 6.92 Å². The van der Waals surface area contributed by atoms with Crippen molar-refractivity contribution in [1.82, 2.24) is 4.98 Å². The molecule has 1 nitrogen and oxygen atoms in total. The number of aryl methyl sites for hydroxylation is 1. The number of hydrogen-bond donors (Lipinski definition) is 0. The Morgan fingerprint density at radius 1 is 1.38 bits per heavy atom. The molecule has 1 heterocycles. The lowest BCUT2D eigenvalue weighted by atomic mass is 10.2. The van der Waals surface area contributed by atoms with Gasteiger partial charge in [-0.25, -0.2) is 4.98 Å². The van der Waals surface area contributed by atoms with Crippen molar-refractivity contribution >= 4 is 11.6 Å². The third-order valence-corrected chi connectivity index (χ3v) is 1.71. The maximum atomic E-state index is 12.2. The standard InChI is InChI=1S/C8H7ClF3N/c1-2-6-3-5(9)4-7(13-6)8(10,11)12/h3-4H,2H2,1H3. The van der Waals surface area contributed by atoms with Gasteiger partial charge >= 0.3 is 6.18 Å². The maximum absolute atomic E-state index is 12.2. The lowest BCUT2D eigenvalue weighted by Crippen LogP contribution is -2.09. The van der Waals surface area contributed by atoms with Crippen molar-refractivity contribution in [3.05, 3.63) is 28.5 Å². The summed E-state index contributed by atoms with van der Waals surface area (Å²) >= 11 is 5.49. The van der Waals surface area contributed by atoms with Crippen molar-refractivity contribution < 1.29 is 13.2 Å². The Morgan fingerprint density at radius 3 is 2.46 bits per heavy atom. The zero-order chi connectivity index (χ0) is 10.1. The molecule has 1 aromatic rings. The summed E-state index contributed by atoms with van der Waals surface area (Å²) in [4.78, 5) is 3.41. The zero-order valence-electron chi connectivity index (χ0n) is 6.82. The smallest absolute Gasteiger partial charge is 0.248 e. The average Bonchev–Trinajstić information content (AvgIpc) is 2.01. The summed E-state index contributed by atoms with van der Waals surface area (Å²) in [7, 11) is 0. The highest BCUT2D eigenvalue weighted by Gasteiger charge is 2.32. The third-order valence-electron chi connectivity index (χ3n) is 1.50. The summed E-state index contributed by atoms with van der Waals surface area (Å²) in [5, 5.41) is 0.0687. The molecule has 72 valence electrons. The monoisotopic (exact) mass is 209 g/mol. The fourth-order valence-electron chi connectivity index (χ4n) is 0.877. The molecule has 0 aromatic carbocycles. The maximum Gasteiger partial charge on any atom is 0.433 e. The van der Waals surface area contributed by atoms with Gasteiger partial charge in [-0.1, -0.05) is 18.5 Å². The van der Waals surface area contributed by atoms with Crippen molar-refractivity contribution in [3.8, 4) is 0 Å². The van der Waals surface area contributed by atoms with Crippen LogP contribution in [0.3, 0.4) is 0 Å². The van der Waals surface area contributed by atoms with Crippen LogP contribution in [0.15, 0.2) is 12.1 Å². The molecule has 0 aliphatic carbocycles. The number of rotatable bonds is 1.